The minimum atomic E-state index is -0.747. The molecule has 0 aliphatic carbocycles. The second-order valence-electron chi connectivity index (χ2n) is 4.21. The van der Waals surface area contributed by atoms with Crippen LogP contribution in [0.2, 0.25) is 0 Å². The van der Waals surface area contributed by atoms with Crippen LogP contribution in [-0.4, -0.2) is 14.7 Å². The van der Waals surface area contributed by atoms with Gasteiger partial charge in [0.05, 0.1) is 6.20 Å². The van der Waals surface area contributed by atoms with Crippen molar-refractivity contribution in [1.82, 2.24) is 9.55 Å². The summed E-state index contributed by atoms with van der Waals surface area (Å²) in [6.45, 7) is 5.78. The zero-order valence-corrected chi connectivity index (χ0v) is 9.20. The zero-order valence-electron chi connectivity index (χ0n) is 9.20. The first-order valence-electron chi connectivity index (χ1n) is 4.94. The Bertz CT molecular complexity index is 456. The number of aromatic amines is 1. The van der Waals surface area contributed by atoms with Crippen molar-refractivity contribution in [3.05, 3.63) is 27.0 Å². The van der Waals surface area contributed by atoms with E-state index < -0.39 is 22.5 Å². The molecule has 0 amide bonds. The highest BCUT2D eigenvalue weighted by molar-refractivity contribution is 5.10. The van der Waals surface area contributed by atoms with Gasteiger partial charge in [0.1, 0.15) is 0 Å². The smallest absolute Gasteiger partial charge is 0.329 e. The average Bonchev–Trinajstić information content (AvgIpc) is 2.11. The van der Waals surface area contributed by atoms with Crippen molar-refractivity contribution in [2.75, 3.05) is 0 Å². The normalized spacial score (nSPS) is 11.7. The van der Waals surface area contributed by atoms with Crippen LogP contribution < -0.4 is 11.2 Å². The molecule has 1 rings (SSSR count). The highest BCUT2D eigenvalue weighted by atomic mass is 16.3. The molecule has 1 aromatic heterocycles. The monoisotopic (exact) mass is 212 g/mol. The van der Waals surface area contributed by atoms with E-state index in [-0.39, 0.29) is 0 Å². The molecule has 1 heterocycles. The molecular formula is C10H16N2O3. The fraction of sp³-hybridized carbons (Fsp3) is 0.600. The highest BCUT2D eigenvalue weighted by Crippen LogP contribution is 2.19. The molecule has 1 aromatic rings. The van der Waals surface area contributed by atoms with Gasteiger partial charge in [-0.1, -0.05) is 13.3 Å². The molecule has 15 heavy (non-hydrogen) atoms. The van der Waals surface area contributed by atoms with Gasteiger partial charge in [-0.05, 0) is 20.3 Å². The Morgan fingerprint density at radius 2 is 2.07 bits per heavy atom. The molecule has 0 saturated carbocycles. The van der Waals surface area contributed by atoms with E-state index in [1.807, 2.05) is 20.8 Å². The Kier molecular flexibility index (Phi) is 3.02. The van der Waals surface area contributed by atoms with Crippen molar-refractivity contribution in [3.63, 3.8) is 0 Å². The van der Waals surface area contributed by atoms with Crippen molar-refractivity contribution in [2.45, 2.75) is 39.2 Å². The highest BCUT2D eigenvalue weighted by Gasteiger charge is 2.21. The lowest BCUT2D eigenvalue weighted by molar-refractivity contribution is 0.302. The second-order valence-corrected chi connectivity index (χ2v) is 4.21. The summed E-state index contributed by atoms with van der Waals surface area (Å²) in [5.74, 6) is -0.432. The van der Waals surface area contributed by atoms with Crippen molar-refractivity contribution >= 4 is 0 Å². The lowest BCUT2D eigenvalue weighted by atomic mass is 9.99. The molecule has 0 saturated heterocycles. The lowest BCUT2D eigenvalue weighted by Crippen LogP contribution is -2.39. The van der Waals surface area contributed by atoms with Gasteiger partial charge in [-0.25, -0.2) is 4.79 Å². The van der Waals surface area contributed by atoms with Crippen molar-refractivity contribution in [1.29, 1.82) is 0 Å². The van der Waals surface area contributed by atoms with E-state index in [4.69, 9.17) is 0 Å². The zero-order chi connectivity index (χ0) is 11.6. The quantitative estimate of drug-likeness (QED) is 0.777. The van der Waals surface area contributed by atoms with Gasteiger partial charge in [0.2, 0.25) is 0 Å². The Morgan fingerprint density at radius 1 is 1.47 bits per heavy atom. The number of H-pyrrole nitrogens is 1. The maximum Gasteiger partial charge on any atom is 0.329 e. The Balaban J connectivity index is 3.32. The number of aromatic nitrogens is 2. The van der Waals surface area contributed by atoms with Crippen molar-refractivity contribution < 1.29 is 5.11 Å². The lowest BCUT2D eigenvalue weighted by Gasteiger charge is -2.26. The van der Waals surface area contributed by atoms with Crippen LogP contribution in [0, 0.1) is 0 Å². The number of nitrogens with zero attached hydrogens (tertiary/aromatic N) is 1. The van der Waals surface area contributed by atoms with Crippen LogP contribution in [0.25, 0.3) is 0 Å². The summed E-state index contributed by atoms with van der Waals surface area (Å²) < 4.78 is 1.35. The largest absolute Gasteiger partial charge is 0.502 e. The van der Waals surface area contributed by atoms with Crippen LogP contribution in [0.5, 0.6) is 5.75 Å². The molecule has 5 nitrogen and oxygen atoms in total. The minimum Gasteiger partial charge on any atom is -0.502 e. The maximum atomic E-state index is 11.5. The summed E-state index contributed by atoms with van der Waals surface area (Å²) >= 11 is 0. The van der Waals surface area contributed by atoms with E-state index in [9.17, 15) is 14.7 Å². The number of nitrogens with one attached hydrogen (secondary N) is 1. The first-order valence-corrected chi connectivity index (χ1v) is 4.94. The first kappa shape index (κ1) is 11.6. The van der Waals surface area contributed by atoms with Crippen LogP contribution in [0.3, 0.4) is 0 Å². The number of aromatic hydroxyl groups is 1. The van der Waals surface area contributed by atoms with Crippen LogP contribution in [0.15, 0.2) is 15.8 Å². The van der Waals surface area contributed by atoms with Crippen LogP contribution in [-0.2, 0) is 5.54 Å². The van der Waals surface area contributed by atoms with Gasteiger partial charge in [0, 0.05) is 5.54 Å². The maximum absolute atomic E-state index is 11.5. The topological polar surface area (TPSA) is 75.1 Å². The SMILES string of the molecule is CCCC(C)(C)n1cc(O)c(=O)[nH]c1=O. The fourth-order valence-electron chi connectivity index (χ4n) is 1.64. The van der Waals surface area contributed by atoms with Crippen molar-refractivity contribution in [3.8, 4) is 5.75 Å². The van der Waals surface area contributed by atoms with Crippen LogP contribution in [0.1, 0.15) is 33.6 Å². The van der Waals surface area contributed by atoms with Gasteiger partial charge < -0.3 is 5.11 Å². The second kappa shape index (κ2) is 3.92. The molecule has 0 aliphatic rings. The third-order valence-electron chi connectivity index (χ3n) is 2.44. The summed E-state index contributed by atoms with van der Waals surface area (Å²) in [4.78, 5) is 24.5. The standard InChI is InChI=1S/C10H16N2O3/c1-4-5-10(2,3)12-6-7(13)8(14)11-9(12)15/h6,13H,4-5H2,1-3H3,(H,11,14,15). The molecule has 0 radical (unpaired) electrons. The van der Waals surface area contributed by atoms with E-state index >= 15 is 0 Å². The third kappa shape index (κ3) is 2.29. The third-order valence-corrected chi connectivity index (χ3v) is 2.44. The molecule has 0 unspecified atom stereocenters. The summed E-state index contributed by atoms with van der Waals surface area (Å²) in [5, 5.41) is 9.25. The Morgan fingerprint density at radius 3 is 2.60 bits per heavy atom. The fourth-order valence-corrected chi connectivity index (χ4v) is 1.64. The predicted octanol–water partition coefficient (Wildman–Crippen LogP) is 0.777. The van der Waals surface area contributed by atoms with E-state index in [0.29, 0.717) is 0 Å². The molecular weight excluding hydrogens is 196 g/mol. The summed E-state index contributed by atoms with van der Waals surface area (Å²) in [6.07, 6.45) is 2.90. The van der Waals surface area contributed by atoms with Gasteiger partial charge in [0.25, 0.3) is 5.56 Å². The van der Waals surface area contributed by atoms with Crippen LogP contribution >= 0.6 is 0 Å². The minimum absolute atomic E-state index is 0.409. The molecule has 0 aromatic carbocycles. The summed E-state index contributed by atoms with van der Waals surface area (Å²) in [7, 11) is 0. The Hall–Kier alpha value is -1.52. The molecule has 0 fully saturated rings. The van der Waals surface area contributed by atoms with Crippen LogP contribution in [0.4, 0.5) is 0 Å². The number of hydrogen-bond donors (Lipinski definition) is 2. The molecule has 0 atom stereocenters. The van der Waals surface area contributed by atoms with Gasteiger partial charge in [-0.3, -0.25) is 14.3 Å². The number of rotatable bonds is 3. The molecule has 2 N–H and O–H groups in total. The molecule has 5 heteroatoms. The van der Waals surface area contributed by atoms with E-state index in [1.165, 1.54) is 10.8 Å². The van der Waals surface area contributed by atoms with Gasteiger partial charge in [-0.2, -0.15) is 0 Å². The molecule has 84 valence electrons. The van der Waals surface area contributed by atoms with Gasteiger partial charge in [0.15, 0.2) is 5.75 Å². The van der Waals surface area contributed by atoms with Gasteiger partial charge >= 0.3 is 5.69 Å². The molecule has 0 bridgehead atoms. The van der Waals surface area contributed by atoms with Crippen molar-refractivity contribution in [2.24, 2.45) is 0 Å². The van der Waals surface area contributed by atoms with E-state index in [1.54, 1.807) is 0 Å². The Labute approximate surface area is 87.4 Å². The summed E-state index contributed by atoms with van der Waals surface area (Å²) in [6, 6.07) is 0. The first-order chi connectivity index (χ1) is 6.88. The molecule has 0 aliphatic heterocycles. The van der Waals surface area contributed by atoms with E-state index in [0.717, 1.165) is 12.8 Å². The van der Waals surface area contributed by atoms with Gasteiger partial charge in [-0.15, -0.1) is 0 Å². The predicted molar refractivity (Wildman–Crippen MR) is 57.2 cm³/mol. The summed E-state index contributed by atoms with van der Waals surface area (Å²) in [5.41, 5.74) is -1.65. The molecule has 0 spiro atoms. The average molecular weight is 212 g/mol. The van der Waals surface area contributed by atoms with E-state index in [2.05, 4.69) is 4.98 Å². The number of hydrogen-bond acceptors (Lipinski definition) is 3.